The van der Waals surface area contributed by atoms with Crippen LogP contribution in [0.3, 0.4) is 0 Å². The second-order valence-electron chi connectivity index (χ2n) is 3.61. The van der Waals surface area contributed by atoms with Gasteiger partial charge in [-0.15, -0.1) is 5.10 Å². The Labute approximate surface area is 96.7 Å². The lowest BCUT2D eigenvalue weighted by Crippen LogP contribution is -2.01. The fourth-order valence-corrected chi connectivity index (χ4v) is 1.98. The van der Waals surface area contributed by atoms with Gasteiger partial charge in [-0.2, -0.15) is 0 Å². The van der Waals surface area contributed by atoms with Crippen LogP contribution in [0.15, 0.2) is 24.4 Å². The molecule has 1 aromatic heterocycles. The minimum absolute atomic E-state index is 0.282. The molecular weight excluding hydrogens is 227 g/mol. The predicted octanol–water partition coefficient (Wildman–Crippen LogP) is 2.26. The lowest BCUT2D eigenvalue weighted by Gasteiger charge is -2.10. The highest BCUT2D eigenvalue weighted by atomic mass is 32.1. The first kappa shape index (κ1) is 11.2. The van der Waals surface area contributed by atoms with Gasteiger partial charge in [0.1, 0.15) is 5.82 Å². The normalized spacial score (nSPS) is 12.7. The maximum Gasteiger partial charge on any atom is 0.123 e. The topological polar surface area (TPSA) is 46.0 Å². The molecule has 2 aromatic rings. The van der Waals surface area contributed by atoms with Crippen LogP contribution in [0.2, 0.25) is 0 Å². The van der Waals surface area contributed by atoms with Gasteiger partial charge in [-0.05, 0) is 41.7 Å². The summed E-state index contributed by atoms with van der Waals surface area (Å²) in [4.78, 5) is 0.698. The molecule has 3 nitrogen and oxygen atoms in total. The summed E-state index contributed by atoms with van der Waals surface area (Å²) in [5.74, 6) is -0.282. The molecule has 2 rings (SSSR count). The number of benzene rings is 1. The molecule has 5 heteroatoms. The van der Waals surface area contributed by atoms with E-state index in [4.69, 9.17) is 0 Å². The molecule has 0 aliphatic heterocycles. The van der Waals surface area contributed by atoms with Gasteiger partial charge in [0.2, 0.25) is 0 Å². The van der Waals surface area contributed by atoms with E-state index in [1.807, 2.05) is 6.92 Å². The molecule has 0 radical (unpaired) electrons. The number of aliphatic hydroxyl groups is 1. The molecule has 0 saturated carbocycles. The Kier molecular flexibility index (Phi) is 3.26. The summed E-state index contributed by atoms with van der Waals surface area (Å²) in [6.07, 6.45) is 1.25. The third kappa shape index (κ3) is 2.43. The van der Waals surface area contributed by atoms with Crippen molar-refractivity contribution in [2.24, 2.45) is 0 Å². The molecule has 1 unspecified atom stereocenters. The van der Waals surface area contributed by atoms with Crippen LogP contribution in [0.1, 0.15) is 22.1 Å². The van der Waals surface area contributed by atoms with Crippen LogP contribution < -0.4 is 0 Å². The Morgan fingerprint density at radius 3 is 3.00 bits per heavy atom. The van der Waals surface area contributed by atoms with E-state index in [1.165, 1.54) is 18.3 Å². The second-order valence-corrected chi connectivity index (χ2v) is 4.43. The highest BCUT2D eigenvalue weighted by Crippen LogP contribution is 2.22. The van der Waals surface area contributed by atoms with Gasteiger partial charge in [0, 0.05) is 6.42 Å². The fraction of sp³-hybridized carbons (Fsp3) is 0.273. The van der Waals surface area contributed by atoms with Crippen molar-refractivity contribution in [2.45, 2.75) is 19.4 Å². The highest BCUT2D eigenvalue weighted by Gasteiger charge is 2.12. The zero-order chi connectivity index (χ0) is 11.5. The van der Waals surface area contributed by atoms with E-state index in [0.29, 0.717) is 11.3 Å². The summed E-state index contributed by atoms with van der Waals surface area (Å²) in [6, 6.07) is 4.58. The number of hydrogen-bond acceptors (Lipinski definition) is 4. The summed E-state index contributed by atoms with van der Waals surface area (Å²) in [6.45, 7) is 1.90. The lowest BCUT2D eigenvalue weighted by molar-refractivity contribution is 0.182. The van der Waals surface area contributed by atoms with Gasteiger partial charge in [0.15, 0.2) is 0 Å². The molecule has 1 N–H and O–H groups in total. The van der Waals surface area contributed by atoms with E-state index in [2.05, 4.69) is 9.59 Å². The molecule has 1 heterocycles. The fourth-order valence-electron chi connectivity index (χ4n) is 1.49. The maximum absolute atomic E-state index is 13.0. The van der Waals surface area contributed by atoms with Crippen LogP contribution in [-0.4, -0.2) is 14.7 Å². The molecular formula is C11H11FN2OS. The van der Waals surface area contributed by atoms with Gasteiger partial charge >= 0.3 is 0 Å². The van der Waals surface area contributed by atoms with Crippen molar-refractivity contribution < 1.29 is 9.50 Å². The first-order valence-electron chi connectivity index (χ1n) is 4.87. The summed E-state index contributed by atoms with van der Waals surface area (Å²) in [5, 5.41) is 13.5. The van der Waals surface area contributed by atoms with E-state index in [0.717, 1.165) is 22.7 Å². The summed E-state index contributed by atoms with van der Waals surface area (Å²) in [7, 11) is 0. The predicted molar refractivity (Wildman–Crippen MR) is 59.7 cm³/mol. The zero-order valence-corrected chi connectivity index (χ0v) is 9.54. The summed E-state index contributed by atoms with van der Waals surface area (Å²) >= 11 is 1.16. The van der Waals surface area contributed by atoms with E-state index in [-0.39, 0.29) is 5.82 Å². The Morgan fingerprint density at radius 2 is 2.31 bits per heavy atom. The number of aromatic nitrogens is 2. The Morgan fingerprint density at radius 1 is 1.50 bits per heavy atom. The number of aliphatic hydroxyl groups excluding tert-OH is 1. The average molecular weight is 238 g/mol. The number of hydrogen-bond donors (Lipinski definition) is 1. The number of rotatable bonds is 3. The molecule has 16 heavy (non-hydrogen) atoms. The maximum atomic E-state index is 13.0. The SMILES string of the molecule is Cc1ccc(F)cc1CC(O)c1cnns1. The summed E-state index contributed by atoms with van der Waals surface area (Å²) in [5.41, 5.74) is 1.78. The number of aryl methyl sites for hydroxylation is 1. The minimum atomic E-state index is -0.666. The van der Waals surface area contributed by atoms with Gasteiger partial charge in [-0.3, -0.25) is 0 Å². The summed E-state index contributed by atoms with van der Waals surface area (Å²) < 4.78 is 16.7. The Balaban J connectivity index is 2.17. The number of halogens is 1. The van der Waals surface area contributed by atoms with Gasteiger partial charge in [0.05, 0.1) is 17.2 Å². The van der Waals surface area contributed by atoms with Gasteiger partial charge < -0.3 is 5.11 Å². The Hall–Kier alpha value is -1.33. The van der Waals surface area contributed by atoms with Crippen molar-refractivity contribution in [3.05, 3.63) is 46.2 Å². The molecule has 0 aliphatic carbocycles. The smallest absolute Gasteiger partial charge is 0.123 e. The quantitative estimate of drug-likeness (QED) is 0.892. The van der Waals surface area contributed by atoms with Crippen LogP contribution in [0.4, 0.5) is 4.39 Å². The third-order valence-corrected chi connectivity index (χ3v) is 3.20. The molecule has 0 bridgehead atoms. The highest BCUT2D eigenvalue weighted by molar-refractivity contribution is 7.05. The molecule has 0 aliphatic rings. The average Bonchev–Trinajstić information content (AvgIpc) is 2.76. The van der Waals surface area contributed by atoms with Crippen molar-refractivity contribution in [3.63, 3.8) is 0 Å². The molecule has 0 spiro atoms. The lowest BCUT2D eigenvalue weighted by atomic mass is 10.0. The van der Waals surface area contributed by atoms with Crippen molar-refractivity contribution in [3.8, 4) is 0 Å². The zero-order valence-electron chi connectivity index (χ0n) is 8.72. The van der Waals surface area contributed by atoms with Crippen LogP contribution >= 0.6 is 11.5 Å². The molecule has 1 atom stereocenters. The van der Waals surface area contributed by atoms with E-state index in [1.54, 1.807) is 6.07 Å². The van der Waals surface area contributed by atoms with Crippen LogP contribution in [0.5, 0.6) is 0 Å². The second kappa shape index (κ2) is 4.67. The van der Waals surface area contributed by atoms with Gasteiger partial charge in [0.25, 0.3) is 0 Å². The van der Waals surface area contributed by atoms with Crippen LogP contribution in [-0.2, 0) is 6.42 Å². The monoisotopic (exact) mass is 238 g/mol. The minimum Gasteiger partial charge on any atom is -0.387 e. The van der Waals surface area contributed by atoms with E-state index >= 15 is 0 Å². The molecule has 0 fully saturated rings. The first-order chi connectivity index (χ1) is 7.66. The van der Waals surface area contributed by atoms with E-state index < -0.39 is 6.10 Å². The van der Waals surface area contributed by atoms with Crippen LogP contribution in [0, 0.1) is 12.7 Å². The largest absolute Gasteiger partial charge is 0.387 e. The Bertz CT molecular complexity index is 473. The third-order valence-electron chi connectivity index (χ3n) is 2.43. The molecule has 84 valence electrons. The first-order valence-corrected chi connectivity index (χ1v) is 5.64. The van der Waals surface area contributed by atoms with Crippen LogP contribution in [0.25, 0.3) is 0 Å². The van der Waals surface area contributed by atoms with Gasteiger partial charge in [-0.1, -0.05) is 10.6 Å². The standard InChI is InChI=1S/C11H11FN2OS/c1-7-2-3-9(12)4-8(7)5-10(15)11-6-13-14-16-11/h2-4,6,10,15H,5H2,1H3. The molecule has 0 amide bonds. The van der Waals surface area contributed by atoms with Gasteiger partial charge in [-0.25, -0.2) is 4.39 Å². The van der Waals surface area contributed by atoms with Crippen molar-refractivity contribution in [2.75, 3.05) is 0 Å². The molecule has 0 saturated heterocycles. The molecule has 1 aromatic carbocycles. The van der Waals surface area contributed by atoms with Crippen molar-refractivity contribution >= 4 is 11.5 Å². The number of nitrogens with zero attached hydrogens (tertiary/aromatic N) is 2. The van der Waals surface area contributed by atoms with Crippen molar-refractivity contribution in [1.29, 1.82) is 0 Å². The van der Waals surface area contributed by atoms with E-state index in [9.17, 15) is 9.50 Å². The van der Waals surface area contributed by atoms with Crippen molar-refractivity contribution in [1.82, 2.24) is 9.59 Å².